The first-order valence-electron chi connectivity index (χ1n) is 9.39. The number of carbonyl (C=O) groups is 1. The number of nitrogens with zero attached hydrogens (tertiary/aromatic N) is 2. The van der Waals surface area contributed by atoms with Crippen LogP contribution in [0.25, 0.3) is 10.8 Å². The van der Waals surface area contributed by atoms with Crippen molar-refractivity contribution in [3.05, 3.63) is 48.0 Å². The van der Waals surface area contributed by atoms with Crippen LogP contribution in [0.3, 0.4) is 0 Å². The van der Waals surface area contributed by atoms with Gasteiger partial charge in [-0.05, 0) is 22.8 Å². The zero-order valence-corrected chi connectivity index (χ0v) is 15.1. The van der Waals surface area contributed by atoms with E-state index in [9.17, 15) is 9.90 Å². The Labute approximate surface area is 154 Å². The van der Waals surface area contributed by atoms with Crippen LogP contribution in [0, 0.1) is 0 Å². The summed E-state index contributed by atoms with van der Waals surface area (Å²) >= 11 is 0. The van der Waals surface area contributed by atoms with Crippen molar-refractivity contribution in [2.24, 2.45) is 0 Å². The van der Waals surface area contributed by atoms with Gasteiger partial charge >= 0.3 is 0 Å². The smallest absolute Gasteiger partial charge is 0.227 e. The van der Waals surface area contributed by atoms with Crippen LogP contribution in [0.1, 0.15) is 12.0 Å². The molecule has 0 aromatic heterocycles. The molecular weight excluding hydrogens is 328 g/mol. The maximum Gasteiger partial charge on any atom is 0.227 e. The normalized spacial score (nSPS) is 24.3. The van der Waals surface area contributed by atoms with Gasteiger partial charge in [0.05, 0.1) is 31.8 Å². The third-order valence-electron chi connectivity index (χ3n) is 5.48. The summed E-state index contributed by atoms with van der Waals surface area (Å²) in [7, 11) is 0. The first-order chi connectivity index (χ1) is 12.6. The van der Waals surface area contributed by atoms with Crippen LogP contribution in [0.5, 0.6) is 0 Å². The van der Waals surface area contributed by atoms with Gasteiger partial charge in [0.15, 0.2) is 0 Å². The van der Waals surface area contributed by atoms with Crippen LogP contribution in [0.4, 0.5) is 0 Å². The summed E-state index contributed by atoms with van der Waals surface area (Å²) in [5.41, 5.74) is 0.230. The Morgan fingerprint density at radius 1 is 1.08 bits per heavy atom. The highest BCUT2D eigenvalue weighted by Gasteiger charge is 2.39. The SMILES string of the molecule is O=C(Cc1ccc2ccccc2c1)N1CCC(O)(CN2CCOCC2)C1. The Morgan fingerprint density at radius 2 is 1.85 bits per heavy atom. The maximum atomic E-state index is 12.7. The van der Waals surface area contributed by atoms with Crippen molar-refractivity contribution in [3.8, 4) is 0 Å². The summed E-state index contributed by atoms with van der Waals surface area (Å²) < 4.78 is 5.37. The van der Waals surface area contributed by atoms with Crippen molar-refractivity contribution in [2.45, 2.75) is 18.4 Å². The minimum atomic E-state index is -0.795. The van der Waals surface area contributed by atoms with Crippen LogP contribution in [0.15, 0.2) is 42.5 Å². The van der Waals surface area contributed by atoms with Crippen molar-refractivity contribution in [3.63, 3.8) is 0 Å². The fourth-order valence-corrected chi connectivity index (χ4v) is 4.01. The molecule has 1 atom stereocenters. The van der Waals surface area contributed by atoms with E-state index in [1.54, 1.807) is 0 Å². The molecule has 5 nitrogen and oxygen atoms in total. The van der Waals surface area contributed by atoms with E-state index in [1.807, 2.05) is 23.1 Å². The number of rotatable bonds is 4. The number of fused-ring (bicyclic) bond motifs is 1. The third-order valence-corrected chi connectivity index (χ3v) is 5.48. The van der Waals surface area contributed by atoms with Crippen LogP contribution >= 0.6 is 0 Å². The highest BCUT2D eigenvalue weighted by Crippen LogP contribution is 2.24. The number of morpholine rings is 1. The molecule has 26 heavy (non-hydrogen) atoms. The van der Waals surface area contributed by atoms with Crippen molar-refractivity contribution < 1.29 is 14.6 Å². The average molecular weight is 354 g/mol. The fraction of sp³-hybridized carbons (Fsp3) is 0.476. The van der Waals surface area contributed by atoms with E-state index in [4.69, 9.17) is 4.74 Å². The Morgan fingerprint density at radius 3 is 2.65 bits per heavy atom. The molecule has 0 radical (unpaired) electrons. The van der Waals surface area contributed by atoms with Crippen molar-refractivity contribution in [2.75, 3.05) is 45.9 Å². The van der Waals surface area contributed by atoms with E-state index in [2.05, 4.69) is 29.2 Å². The Bertz CT molecular complexity index is 788. The van der Waals surface area contributed by atoms with E-state index in [-0.39, 0.29) is 5.91 Å². The molecule has 0 bridgehead atoms. The first kappa shape index (κ1) is 17.5. The predicted molar refractivity (Wildman–Crippen MR) is 101 cm³/mol. The van der Waals surface area contributed by atoms with Crippen molar-refractivity contribution in [1.82, 2.24) is 9.80 Å². The summed E-state index contributed by atoms with van der Waals surface area (Å²) in [6.07, 6.45) is 1.03. The molecule has 1 amide bonds. The topological polar surface area (TPSA) is 53.0 Å². The second kappa shape index (κ2) is 7.35. The van der Waals surface area contributed by atoms with Crippen molar-refractivity contribution >= 4 is 16.7 Å². The minimum Gasteiger partial charge on any atom is -0.387 e. The molecule has 0 saturated carbocycles. The zero-order chi connectivity index (χ0) is 18.0. The van der Waals surface area contributed by atoms with E-state index < -0.39 is 5.60 Å². The van der Waals surface area contributed by atoms with Gasteiger partial charge in [0, 0.05) is 26.2 Å². The average Bonchev–Trinajstić information content (AvgIpc) is 3.04. The highest BCUT2D eigenvalue weighted by atomic mass is 16.5. The fourth-order valence-electron chi connectivity index (χ4n) is 4.01. The lowest BCUT2D eigenvalue weighted by Crippen LogP contribution is -2.49. The molecule has 138 valence electrons. The number of β-amino-alcohol motifs (C(OH)–C–C–N with tert-alkyl or cyclic N) is 1. The van der Waals surface area contributed by atoms with Gasteiger partial charge in [0.25, 0.3) is 0 Å². The van der Waals surface area contributed by atoms with Crippen LogP contribution in [-0.4, -0.2) is 72.4 Å². The number of ether oxygens (including phenoxy) is 1. The van der Waals surface area contributed by atoms with Crippen LogP contribution in [-0.2, 0) is 16.0 Å². The lowest BCUT2D eigenvalue weighted by atomic mass is 10.0. The quantitative estimate of drug-likeness (QED) is 0.908. The van der Waals surface area contributed by atoms with Gasteiger partial charge in [-0.1, -0.05) is 42.5 Å². The summed E-state index contributed by atoms with van der Waals surface area (Å²) in [5.74, 6) is 0.0955. The molecule has 2 aromatic rings. The Kier molecular flexibility index (Phi) is 4.94. The van der Waals surface area contributed by atoms with Gasteiger partial charge in [-0.15, -0.1) is 0 Å². The molecule has 0 spiro atoms. The molecule has 1 unspecified atom stereocenters. The van der Waals surface area contributed by atoms with E-state index >= 15 is 0 Å². The number of carbonyl (C=O) groups excluding carboxylic acids is 1. The van der Waals surface area contributed by atoms with Crippen LogP contribution in [0.2, 0.25) is 0 Å². The maximum absolute atomic E-state index is 12.7. The number of likely N-dealkylation sites (tertiary alicyclic amines) is 1. The van der Waals surface area contributed by atoms with Crippen molar-refractivity contribution in [1.29, 1.82) is 0 Å². The monoisotopic (exact) mass is 354 g/mol. The summed E-state index contributed by atoms with van der Waals surface area (Å²) in [6, 6.07) is 14.4. The molecule has 2 aliphatic heterocycles. The largest absolute Gasteiger partial charge is 0.387 e. The molecule has 0 aliphatic carbocycles. The van der Waals surface area contributed by atoms with Gasteiger partial charge in [-0.2, -0.15) is 0 Å². The van der Waals surface area contributed by atoms with Gasteiger partial charge < -0.3 is 14.7 Å². The molecule has 4 rings (SSSR count). The molecule has 2 aromatic carbocycles. The Hall–Kier alpha value is -1.95. The van der Waals surface area contributed by atoms with Crippen LogP contribution < -0.4 is 0 Å². The number of hydrogen-bond acceptors (Lipinski definition) is 4. The standard InChI is InChI=1S/C21H26N2O3/c24-20(14-17-5-6-18-3-1-2-4-19(18)13-17)23-8-7-21(25,16-23)15-22-9-11-26-12-10-22/h1-6,13,25H,7-12,14-16H2. The molecule has 5 heteroatoms. The second-order valence-corrected chi connectivity index (χ2v) is 7.54. The first-order valence-corrected chi connectivity index (χ1v) is 9.39. The van der Waals surface area contributed by atoms with Gasteiger partial charge in [0.2, 0.25) is 5.91 Å². The molecule has 2 aliphatic rings. The number of benzene rings is 2. The summed E-state index contributed by atoms with van der Waals surface area (Å²) in [6.45, 7) is 4.84. The minimum absolute atomic E-state index is 0.0955. The van der Waals surface area contributed by atoms with E-state index in [0.717, 1.165) is 37.3 Å². The highest BCUT2D eigenvalue weighted by molar-refractivity contribution is 5.85. The summed E-state index contributed by atoms with van der Waals surface area (Å²) in [5, 5.41) is 13.2. The van der Waals surface area contributed by atoms with Gasteiger partial charge in [0.1, 0.15) is 0 Å². The molecule has 2 heterocycles. The lowest BCUT2D eigenvalue weighted by Gasteiger charge is -2.33. The predicted octanol–water partition coefficient (Wildman–Crippen LogP) is 1.68. The van der Waals surface area contributed by atoms with Gasteiger partial charge in [-0.3, -0.25) is 9.69 Å². The van der Waals surface area contributed by atoms with Gasteiger partial charge in [-0.25, -0.2) is 0 Å². The molecule has 2 fully saturated rings. The summed E-state index contributed by atoms with van der Waals surface area (Å²) in [4.78, 5) is 16.8. The second-order valence-electron chi connectivity index (χ2n) is 7.54. The number of amides is 1. The Balaban J connectivity index is 1.37. The lowest BCUT2D eigenvalue weighted by molar-refractivity contribution is -0.130. The van der Waals surface area contributed by atoms with E-state index in [1.165, 1.54) is 5.39 Å². The van der Waals surface area contributed by atoms with E-state index in [0.29, 0.717) is 32.5 Å². The zero-order valence-electron chi connectivity index (χ0n) is 15.1. The molecule has 1 N–H and O–H groups in total. The molecule has 2 saturated heterocycles. The number of aliphatic hydroxyl groups is 1. The molecular formula is C21H26N2O3. The third kappa shape index (κ3) is 3.90. The number of hydrogen-bond donors (Lipinski definition) is 1.